The van der Waals surface area contributed by atoms with Crippen molar-refractivity contribution in [3.63, 3.8) is 0 Å². The molecule has 9 heteroatoms. The van der Waals surface area contributed by atoms with Crippen LogP contribution >= 0.6 is 22.7 Å². The highest BCUT2D eigenvalue weighted by molar-refractivity contribution is 7.18. The summed E-state index contributed by atoms with van der Waals surface area (Å²) in [4.78, 5) is 30.7. The van der Waals surface area contributed by atoms with Crippen LogP contribution in [-0.4, -0.2) is 23.5 Å². The Morgan fingerprint density at radius 1 is 1.11 bits per heavy atom. The van der Waals surface area contributed by atoms with Gasteiger partial charge in [0.05, 0.1) is 22.7 Å². The zero-order valence-electron chi connectivity index (χ0n) is 19.6. The number of hydrogen-bond acceptors (Lipinski definition) is 8. The molecule has 36 heavy (non-hydrogen) atoms. The molecule has 0 unspecified atom stereocenters. The Labute approximate surface area is 216 Å². The summed E-state index contributed by atoms with van der Waals surface area (Å²) in [5.41, 5.74) is 3.44. The van der Waals surface area contributed by atoms with Gasteiger partial charge in [-0.05, 0) is 31.5 Å². The van der Waals surface area contributed by atoms with Gasteiger partial charge in [-0.3, -0.25) is 4.79 Å². The first-order valence-electron chi connectivity index (χ1n) is 11.1. The molecule has 0 saturated carbocycles. The number of benzene rings is 2. The van der Waals surface area contributed by atoms with Gasteiger partial charge in [0, 0.05) is 22.8 Å². The van der Waals surface area contributed by atoms with Gasteiger partial charge in [-0.1, -0.05) is 48.5 Å². The van der Waals surface area contributed by atoms with E-state index in [-0.39, 0.29) is 18.1 Å². The molecule has 4 aromatic rings. The summed E-state index contributed by atoms with van der Waals surface area (Å²) in [7, 11) is 0. The first-order chi connectivity index (χ1) is 17.5. The average molecular weight is 515 g/mol. The van der Waals surface area contributed by atoms with Gasteiger partial charge in [-0.15, -0.1) is 22.7 Å². The molecule has 7 nitrogen and oxygen atoms in total. The van der Waals surface area contributed by atoms with Crippen molar-refractivity contribution in [3.05, 3.63) is 93.3 Å². The Morgan fingerprint density at radius 2 is 1.81 bits per heavy atom. The molecule has 0 aliphatic heterocycles. The number of thiazole rings is 1. The summed E-state index contributed by atoms with van der Waals surface area (Å²) >= 11 is 2.47. The van der Waals surface area contributed by atoms with Crippen molar-refractivity contribution < 1.29 is 14.3 Å². The van der Waals surface area contributed by atoms with E-state index in [1.165, 1.54) is 17.5 Å². The second kappa shape index (κ2) is 11.4. The lowest BCUT2D eigenvalue weighted by molar-refractivity contribution is 0.0527. The highest BCUT2D eigenvalue weighted by Gasteiger charge is 2.25. The van der Waals surface area contributed by atoms with Crippen LogP contribution in [0.2, 0.25) is 0 Å². The zero-order valence-corrected chi connectivity index (χ0v) is 21.2. The monoisotopic (exact) mass is 514 g/mol. The van der Waals surface area contributed by atoms with Crippen molar-refractivity contribution in [2.24, 2.45) is 0 Å². The molecule has 1 amide bonds. The minimum absolute atomic E-state index is 0.194. The second-order valence-corrected chi connectivity index (χ2v) is 9.40. The quantitative estimate of drug-likeness (QED) is 0.203. The molecular formula is C27H22N4O3S2. The predicted octanol–water partition coefficient (Wildman–Crippen LogP) is 6.59. The molecule has 4 rings (SSSR count). The van der Waals surface area contributed by atoms with Crippen LogP contribution in [0.1, 0.15) is 37.5 Å². The number of esters is 1. The summed E-state index contributed by atoms with van der Waals surface area (Å²) in [6.45, 7) is 3.62. The van der Waals surface area contributed by atoms with Crippen molar-refractivity contribution in [1.29, 1.82) is 5.26 Å². The van der Waals surface area contributed by atoms with E-state index in [0.29, 0.717) is 31.7 Å². The topological polar surface area (TPSA) is 104 Å². The van der Waals surface area contributed by atoms with Crippen LogP contribution in [0.15, 0.2) is 72.2 Å². The molecule has 0 aliphatic carbocycles. The number of rotatable bonds is 8. The number of anilines is 2. The number of para-hydroxylation sites is 1. The van der Waals surface area contributed by atoms with E-state index >= 15 is 0 Å². The molecule has 2 aromatic carbocycles. The maximum Gasteiger partial charge on any atom is 0.341 e. The molecule has 2 aromatic heterocycles. The molecule has 0 bridgehead atoms. The van der Waals surface area contributed by atoms with Gasteiger partial charge >= 0.3 is 5.97 Å². The Kier molecular flexibility index (Phi) is 7.90. The summed E-state index contributed by atoms with van der Waals surface area (Å²) in [6.07, 6.45) is 1.50. The lowest BCUT2D eigenvalue weighted by Gasteiger charge is -2.06. The largest absolute Gasteiger partial charge is 0.462 e. The van der Waals surface area contributed by atoms with Crippen molar-refractivity contribution in [2.45, 2.75) is 13.8 Å². The third-order valence-electron chi connectivity index (χ3n) is 5.14. The van der Waals surface area contributed by atoms with E-state index < -0.39 is 5.97 Å². The fourth-order valence-electron chi connectivity index (χ4n) is 3.41. The summed E-state index contributed by atoms with van der Waals surface area (Å²) in [6, 6.07) is 20.9. The van der Waals surface area contributed by atoms with E-state index in [9.17, 15) is 14.9 Å². The third kappa shape index (κ3) is 5.51. The lowest BCUT2D eigenvalue weighted by atomic mass is 10.1. The number of nitrogens with zero attached hydrogens (tertiary/aromatic N) is 2. The molecule has 180 valence electrons. The number of nitrogens with one attached hydrogen (secondary N) is 2. The molecule has 0 aliphatic rings. The normalized spacial score (nSPS) is 11.0. The van der Waals surface area contributed by atoms with Crippen molar-refractivity contribution in [3.8, 4) is 17.3 Å². The number of amides is 1. The fraction of sp³-hybridized carbons (Fsp3) is 0.111. The number of carbonyl (C=O) groups excluding carboxylic acids is 2. The third-order valence-corrected chi connectivity index (χ3v) is 7.23. The van der Waals surface area contributed by atoms with Crippen LogP contribution in [0.4, 0.5) is 10.7 Å². The highest BCUT2D eigenvalue weighted by Crippen LogP contribution is 2.35. The molecule has 0 atom stereocenters. The van der Waals surface area contributed by atoms with Gasteiger partial charge in [-0.2, -0.15) is 5.26 Å². The Bertz CT molecular complexity index is 1450. The second-order valence-electron chi connectivity index (χ2n) is 7.52. The average Bonchev–Trinajstić information content (AvgIpc) is 3.51. The van der Waals surface area contributed by atoms with E-state index in [4.69, 9.17) is 4.74 Å². The zero-order chi connectivity index (χ0) is 25.5. The van der Waals surface area contributed by atoms with E-state index in [2.05, 4.69) is 21.7 Å². The van der Waals surface area contributed by atoms with Crippen LogP contribution in [-0.2, 0) is 4.74 Å². The molecule has 2 heterocycles. The van der Waals surface area contributed by atoms with E-state index in [0.717, 1.165) is 22.6 Å². The highest BCUT2D eigenvalue weighted by atomic mass is 32.1. The smallest absolute Gasteiger partial charge is 0.341 e. The maximum atomic E-state index is 13.0. The molecule has 0 radical (unpaired) electrons. The number of allylic oxidation sites excluding steroid dienone is 1. The van der Waals surface area contributed by atoms with Crippen molar-refractivity contribution in [2.75, 3.05) is 17.2 Å². The number of nitriles is 1. The minimum Gasteiger partial charge on any atom is -0.462 e. The molecule has 0 fully saturated rings. The van der Waals surface area contributed by atoms with Crippen LogP contribution in [0.5, 0.6) is 0 Å². The van der Waals surface area contributed by atoms with Gasteiger partial charge < -0.3 is 15.4 Å². The first kappa shape index (κ1) is 24.9. The lowest BCUT2D eigenvalue weighted by Crippen LogP contribution is -2.12. The number of ether oxygens (including phenoxy) is 1. The number of aromatic nitrogens is 1. The fourth-order valence-corrected chi connectivity index (χ4v) is 5.26. The molecule has 0 saturated heterocycles. The van der Waals surface area contributed by atoms with E-state index in [1.54, 1.807) is 26.0 Å². The van der Waals surface area contributed by atoms with Crippen LogP contribution in [0.25, 0.3) is 16.8 Å². The number of thiophene rings is 1. The number of hydrogen-bond donors (Lipinski definition) is 2. The molecular weight excluding hydrogens is 492 g/mol. The molecule has 2 N–H and O–H groups in total. The SMILES string of the molecule is CCOC(=O)c1c(NC=C(C#N)c2nc(-c3ccccc3)cs2)sc(C(=O)Nc2ccccc2)c1C. The van der Waals surface area contributed by atoms with Gasteiger partial charge in [0.25, 0.3) is 5.91 Å². The Morgan fingerprint density at radius 3 is 2.47 bits per heavy atom. The summed E-state index contributed by atoms with van der Waals surface area (Å²) in [5.74, 6) is -0.876. The summed E-state index contributed by atoms with van der Waals surface area (Å²) in [5, 5.41) is 18.5. The Hall–Kier alpha value is -4.26. The van der Waals surface area contributed by atoms with Crippen molar-refractivity contribution >= 4 is 50.8 Å². The van der Waals surface area contributed by atoms with Gasteiger partial charge in [0.2, 0.25) is 0 Å². The van der Waals surface area contributed by atoms with Gasteiger partial charge in [-0.25, -0.2) is 9.78 Å². The maximum absolute atomic E-state index is 13.0. The minimum atomic E-state index is -0.542. The standard InChI is InChI=1S/C27H22N4O3S2/c1-3-34-27(33)22-17(2)23(24(32)30-20-12-8-5-9-13-20)36-26(22)29-15-19(14-28)25-31-21(16-35-25)18-10-6-4-7-11-18/h4-13,15-16,29H,3H2,1-2H3,(H,30,32). The molecule has 0 spiro atoms. The van der Waals surface area contributed by atoms with E-state index in [1.807, 2.05) is 53.9 Å². The van der Waals surface area contributed by atoms with Gasteiger partial charge in [0.1, 0.15) is 21.7 Å². The summed E-state index contributed by atoms with van der Waals surface area (Å²) < 4.78 is 5.23. The van der Waals surface area contributed by atoms with Gasteiger partial charge in [0.15, 0.2) is 0 Å². The van der Waals surface area contributed by atoms with Crippen LogP contribution in [0, 0.1) is 18.3 Å². The van der Waals surface area contributed by atoms with Crippen LogP contribution in [0.3, 0.4) is 0 Å². The van der Waals surface area contributed by atoms with Crippen LogP contribution < -0.4 is 10.6 Å². The van der Waals surface area contributed by atoms with Crippen molar-refractivity contribution in [1.82, 2.24) is 4.98 Å². The first-order valence-corrected chi connectivity index (χ1v) is 12.8. The Balaban J connectivity index is 1.64. The number of carbonyl (C=O) groups is 2. The predicted molar refractivity (Wildman–Crippen MR) is 144 cm³/mol.